The highest BCUT2D eigenvalue weighted by atomic mass is 16.1. The van der Waals surface area contributed by atoms with Gasteiger partial charge in [0.15, 0.2) is 0 Å². The van der Waals surface area contributed by atoms with Crippen molar-refractivity contribution < 1.29 is 4.79 Å². The van der Waals surface area contributed by atoms with Gasteiger partial charge >= 0.3 is 0 Å². The molecule has 3 rings (SSSR count). The number of nitrogens with one attached hydrogen (secondary N) is 1. The standard InChI is InChI=1S/C20H25N5O/c1-11(2)18(19-21-10-22-25(19)6)24-20(26)17-13(4)14(5)23-16-8-7-12(3)9-15(16)17/h7-11,18H,1-6H3,(H,24,26)/t18-/m0/s1. The van der Waals surface area contributed by atoms with E-state index in [1.54, 1.807) is 4.68 Å². The number of carbonyl (C=O) groups excluding carboxylic acids is 1. The lowest BCUT2D eigenvalue weighted by Crippen LogP contribution is -2.34. The van der Waals surface area contributed by atoms with Crippen LogP contribution in [0, 0.1) is 26.7 Å². The second-order valence-electron chi connectivity index (χ2n) is 7.15. The van der Waals surface area contributed by atoms with Crippen molar-refractivity contribution in [2.45, 2.75) is 40.7 Å². The molecule has 0 bridgehead atoms. The Bertz CT molecular complexity index is 974. The van der Waals surface area contributed by atoms with Crippen LogP contribution in [0.3, 0.4) is 0 Å². The first-order chi connectivity index (χ1) is 12.3. The summed E-state index contributed by atoms with van der Waals surface area (Å²) < 4.78 is 1.71. The van der Waals surface area contributed by atoms with Gasteiger partial charge in [0.25, 0.3) is 5.91 Å². The number of benzene rings is 1. The average molecular weight is 351 g/mol. The minimum absolute atomic E-state index is 0.106. The fraction of sp³-hybridized carbons (Fsp3) is 0.400. The van der Waals surface area contributed by atoms with E-state index >= 15 is 0 Å². The highest BCUT2D eigenvalue weighted by molar-refractivity contribution is 6.07. The zero-order valence-corrected chi connectivity index (χ0v) is 16.2. The van der Waals surface area contributed by atoms with Crippen LogP contribution in [-0.4, -0.2) is 25.7 Å². The van der Waals surface area contributed by atoms with Crippen LogP contribution in [0.1, 0.15) is 52.9 Å². The summed E-state index contributed by atoms with van der Waals surface area (Å²) in [6.45, 7) is 10.0. The molecule has 0 saturated heterocycles. The van der Waals surface area contributed by atoms with E-state index in [0.717, 1.165) is 33.5 Å². The highest BCUT2D eigenvalue weighted by Gasteiger charge is 2.25. The number of nitrogens with zero attached hydrogens (tertiary/aromatic N) is 4. The number of amides is 1. The minimum Gasteiger partial charge on any atom is -0.342 e. The maximum absolute atomic E-state index is 13.3. The van der Waals surface area contributed by atoms with Crippen LogP contribution >= 0.6 is 0 Å². The van der Waals surface area contributed by atoms with E-state index in [9.17, 15) is 4.79 Å². The van der Waals surface area contributed by atoms with Crippen molar-refractivity contribution in [1.29, 1.82) is 0 Å². The van der Waals surface area contributed by atoms with Crippen molar-refractivity contribution in [3.05, 3.63) is 52.7 Å². The molecule has 0 fully saturated rings. The van der Waals surface area contributed by atoms with E-state index in [4.69, 9.17) is 0 Å². The van der Waals surface area contributed by atoms with Gasteiger partial charge in [-0.25, -0.2) is 4.98 Å². The fourth-order valence-corrected chi connectivity index (χ4v) is 3.22. The van der Waals surface area contributed by atoms with E-state index in [1.807, 2.05) is 46.0 Å². The first-order valence-electron chi connectivity index (χ1n) is 8.82. The quantitative estimate of drug-likeness (QED) is 0.782. The Balaban J connectivity index is 2.08. The molecule has 0 aliphatic rings. The molecule has 0 spiro atoms. The number of hydrogen-bond donors (Lipinski definition) is 1. The van der Waals surface area contributed by atoms with Gasteiger partial charge in [-0.2, -0.15) is 5.10 Å². The minimum atomic E-state index is -0.220. The zero-order valence-electron chi connectivity index (χ0n) is 16.2. The average Bonchev–Trinajstić information content (AvgIpc) is 2.99. The molecule has 26 heavy (non-hydrogen) atoms. The molecule has 136 valence electrons. The van der Waals surface area contributed by atoms with Crippen molar-refractivity contribution in [2.24, 2.45) is 13.0 Å². The van der Waals surface area contributed by atoms with Gasteiger partial charge in [-0.15, -0.1) is 0 Å². The smallest absolute Gasteiger partial charge is 0.252 e. The van der Waals surface area contributed by atoms with Crippen LogP contribution < -0.4 is 5.32 Å². The van der Waals surface area contributed by atoms with Crippen LogP contribution in [-0.2, 0) is 7.05 Å². The summed E-state index contributed by atoms with van der Waals surface area (Å²) in [4.78, 5) is 22.2. The molecule has 1 amide bonds. The molecule has 0 unspecified atom stereocenters. The molecule has 0 aliphatic heterocycles. The maximum atomic E-state index is 13.3. The molecule has 0 radical (unpaired) electrons. The van der Waals surface area contributed by atoms with Gasteiger partial charge in [0.2, 0.25) is 0 Å². The van der Waals surface area contributed by atoms with Crippen LogP contribution in [0.4, 0.5) is 0 Å². The normalized spacial score (nSPS) is 12.6. The van der Waals surface area contributed by atoms with Crippen molar-refractivity contribution >= 4 is 16.8 Å². The van der Waals surface area contributed by atoms with Crippen LogP contribution in [0.25, 0.3) is 10.9 Å². The Morgan fingerprint density at radius 2 is 1.92 bits per heavy atom. The third-order valence-corrected chi connectivity index (χ3v) is 4.83. The van der Waals surface area contributed by atoms with Crippen molar-refractivity contribution in [2.75, 3.05) is 0 Å². The summed E-state index contributed by atoms with van der Waals surface area (Å²) in [7, 11) is 1.84. The van der Waals surface area contributed by atoms with Gasteiger partial charge in [-0.3, -0.25) is 14.5 Å². The molecular weight excluding hydrogens is 326 g/mol. The van der Waals surface area contributed by atoms with E-state index in [-0.39, 0.29) is 17.9 Å². The summed E-state index contributed by atoms with van der Waals surface area (Å²) in [5, 5.41) is 8.18. The first kappa shape index (κ1) is 18.0. The lowest BCUT2D eigenvalue weighted by Gasteiger charge is -2.22. The number of hydrogen-bond acceptors (Lipinski definition) is 4. The van der Waals surface area contributed by atoms with E-state index < -0.39 is 0 Å². The zero-order chi connectivity index (χ0) is 19.0. The number of rotatable bonds is 4. The monoisotopic (exact) mass is 351 g/mol. The topological polar surface area (TPSA) is 72.7 Å². The molecule has 2 heterocycles. The number of pyridine rings is 1. The van der Waals surface area contributed by atoms with E-state index in [1.165, 1.54) is 6.33 Å². The molecule has 3 aromatic rings. The number of aromatic nitrogens is 4. The van der Waals surface area contributed by atoms with Crippen LogP contribution in [0.5, 0.6) is 0 Å². The largest absolute Gasteiger partial charge is 0.342 e. The molecule has 1 atom stereocenters. The lowest BCUT2D eigenvalue weighted by atomic mass is 9.98. The maximum Gasteiger partial charge on any atom is 0.252 e. The molecule has 1 N–H and O–H groups in total. The van der Waals surface area contributed by atoms with Crippen molar-refractivity contribution in [3.63, 3.8) is 0 Å². The van der Waals surface area contributed by atoms with Gasteiger partial charge in [0.1, 0.15) is 12.2 Å². The van der Waals surface area contributed by atoms with Crippen LogP contribution in [0.2, 0.25) is 0 Å². The van der Waals surface area contributed by atoms with Gasteiger partial charge in [-0.1, -0.05) is 25.5 Å². The van der Waals surface area contributed by atoms with E-state index in [0.29, 0.717) is 5.56 Å². The number of fused-ring (bicyclic) bond motifs is 1. The summed E-state index contributed by atoms with van der Waals surface area (Å²) in [5.41, 5.74) is 4.39. The van der Waals surface area contributed by atoms with Crippen molar-refractivity contribution in [3.8, 4) is 0 Å². The Hall–Kier alpha value is -2.76. The third kappa shape index (κ3) is 3.19. The molecule has 1 aromatic carbocycles. The second kappa shape index (κ2) is 6.86. The third-order valence-electron chi connectivity index (χ3n) is 4.83. The molecule has 2 aromatic heterocycles. The summed E-state index contributed by atoms with van der Waals surface area (Å²) in [5.74, 6) is 0.820. The lowest BCUT2D eigenvalue weighted by molar-refractivity contribution is 0.0923. The van der Waals surface area contributed by atoms with Gasteiger partial charge in [0.05, 0.1) is 17.1 Å². The summed E-state index contributed by atoms with van der Waals surface area (Å²) in [6, 6.07) is 5.79. The Morgan fingerprint density at radius 3 is 2.54 bits per heavy atom. The molecule has 0 saturated carbocycles. The van der Waals surface area contributed by atoms with E-state index in [2.05, 4.69) is 34.2 Å². The Kier molecular flexibility index (Phi) is 4.76. The van der Waals surface area contributed by atoms with Gasteiger partial charge in [0, 0.05) is 18.1 Å². The molecule has 6 heteroatoms. The fourth-order valence-electron chi connectivity index (χ4n) is 3.22. The summed E-state index contributed by atoms with van der Waals surface area (Å²) >= 11 is 0. The first-order valence-corrected chi connectivity index (χ1v) is 8.82. The molecular formula is C20H25N5O. The SMILES string of the molecule is Cc1ccc2nc(C)c(C)c(C(=O)N[C@H](c3ncnn3C)C(C)C)c2c1. The second-order valence-corrected chi connectivity index (χ2v) is 7.15. The van der Waals surface area contributed by atoms with Crippen LogP contribution in [0.15, 0.2) is 24.5 Å². The Morgan fingerprint density at radius 1 is 1.19 bits per heavy atom. The predicted molar refractivity (Wildman–Crippen MR) is 102 cm³/mol. The molecule has 0 aliphatic carbocycles. The van der Waals surface area contributed by atoms with Gasteiger partial charge in [-0.05, 0) is 44.4 Å². The Labute approximate surface area is 153 Å². The predicted octanol–water partition coefficient (Wildman–Crippen LogP) is 3.42. The highest BCUT2D eigenvalue weighted by Crippen LogP contribution is 2.26. The number of carbonyl (C=O) groups is 1. The van der Waals surface area contributed by atoms with Gasteiger partial charge < -0.3 is 5.32 Å². The summed E-state index contributed by atoms with van der Waals surface area (Å²) in [6.07, 6.45) is 1.51. The number of aryl methyl sites for hydroxylation is 3. The molecule has 6 nitrogen and oxygen atoms in total. The van der Waals surface area contributed by atoms with Crippen molar-refractivity contribution in [1.82, 2.24) is 25.1 Å².